The zero-order valence-corrected chi connectivity index (χ0v) is 21.1. The first-order valence-electron chi connectivity index (χ1n) is 11.9. The number of aromatic nitrogens is 4. The number of ether oxygens (including phenoxy) is 1. The van der Waals surface area contributed by atoms with Gasteiger partial charge in [0.2, 0.25) is 0 Å². The lowest BCUT2D eigenvalue weighted by Crippen LogP contribution is -2.35. The van der Waals surface area contributed by atoms with Crippen LogP contribution in [0.25, 0.3) is 5.69 Å². The van der Waals surface area contributed by atoms with E-state index < -0.39 is 11.7 Å². The first kappa shape index (κ1) is 23.8. The minimum Gasteiger partial charge on any atom is -0.444 e. The Morgan fingerprint density at radius 1 is 1.14 bits per heavy atom. The van der Waals surface area contributed by atoms with E-state index in [1.165, 1.54) is 0 Å². The van der Waals surface area contributed by atoms with E-state index >= 15 is 0 Å². The van der Waals surface area contributed by atoms with E-state index in [9.17, 15) is 9.18 Å². The van der Waals surface area contributed by atoms with Crippen molar-refractivity contribution in [2.24, 2.45) is 0 Å². The van der Waals surface area contributed by atoms with E-state index in [1.807, 2.05) is 39.0 Å². The number of nitrogens with zero attached hydrogens (tertiary/aromatic N) is 5. The predicted octanol–water partition coefficient (Wildman–Crippen LogP) is 6.05. The molecule has 1 saturated carbocycles. The van der Waals surface area contributed by atoms with Crippen molar-refractivity contribution in [2.45, 2.75) is 83.9 Å². The monoisotopic (exact) mass is 501 g/mol. The molecule has 186 valence electrons. The highest BCUT2D eigenvalue weighted by Gasteiger charge is 2.34. The summed E-state index contributed by atoms with van der Waals surface area (Å²) in [7, 11) is 0. The van der Waals surface area contributed by atoms with Gasteiger partial charge in [-0.3, -0.25) is 9.47 Å². The number of aryl methyl sites for hydroxylation is 1. The molecule has 1 fully saturated rings. The van der Waals surface area contributed by atoms with Gasteiger partial charge in [0.25, 0.3) is 0 Å². The third-order valence-electron chi connectivity index (χ3n) is 6.68. The molecule has 3 aromatic rings. The Bertz CT molecular complexity index is 1260. The summed E-state index contributed by atoms with van der Waals surface area (Å²) in [6.45, 7) is 7.75. The minimum atomic E-state index is -0.611. The van der Waals surface area contributed by atoms with Gasteiger partial charge in [-0.1, -0.05) is 16.8 Å². The Balaban J connectivity index is 1.44. The van der Waals surface area contributed by atoms with Crippen LogP contribution in [-0.4, -0.2) is 36.5 Å². The van der Waals surface area contributed by atoms with Crippen LogP contribution >= 0.6 is 11.6 Å². The number of fused-ring (bicyclic) bond motifs is 3. The first-order valence-corrected chi connectivity index (χ1v) is 12.3. The molecular weight excluding hydrogens is 473 g/mol. The fourth-order valence-corrected chi connectivity index (χ4v) is 5.20. The molecule has 1 aromatic carbocycles. The molecule has 35 heavy (non-hydrogen) atoms. The van der Waals surface area contributed by atoms with Crippen molar-refractivity contribution in [3.8, 4) is 5.69 Å². The molecule has 0 bridgehead atoms. The third-order valence-corrected chi connectivity index (χ3v) is 6.91. The van der Waals surface area contributed by atoms with Gasteiger partial charge in [-0.05, 0) is 77.1 Å². The van der Waals surface area contributed by atoms with Gasteiger partial charge < -0.3 is 9.26 Å². The maximum absolute atomic E-state index is 14.4. The molecular formula is C25H29ClFN5O3. The first-order chi connectivity index (χ1) is 16.6. The molecule has 5 rings (SSSR count). The summed E-state index contributed by atoms with van der Waals surface area (Å²) in [5.41, 5.74) is 1.63. The molecule has 0 N–H and O–H groups in total. The predicted molar refractivity (Wildman–Crippen MR) is 127 cm³/mol. The lowest BCUT2D eigenvalue weighted by molar-refractivity contribution is 0.0214. The molecule has 8 nitrogen and oxygen atoms in total. The number of amides is 1. The van der Waals surface area contributed by atoms with Crippen molar-refractivity contribution in [3.05, 3.63) is 57.7 Å². The van der Waals surface area contributed by atoms with Gasteiger partial charge in [-0.25, -0.2) is 9.18 Å². The van der Waals surface area contributed by atoms with E-state index in [1.54, 1.807) is 11.8 Å². The highest BCUT2D eigenvalue weighted by Crippen LogP contribution is 2.42. The summed E-state index contributed by atoms with van der Waals surface area (Å²) in [6.07, 6.45) is 2.81. The zero-order chi connectivity index (χ0) is 24.9. The lowest BCUT2D eigenvalue weighted by Gasteiger charge is -2.27. The fourth-order valence-electron chi connectivity index (χ4n) is 5.00. The van der Waals surface area contributed by atoms with Gasteiger partial charge >= 0.3 is 6.09 Å². The van der Waals surface area contributed by atoms with Gasteiger partial charge in [-0.2, -0.15) is 0 Å². The second-order valence-electron chi connectivity index (χ2n) is 10.4. The maximum Gasteiger partial charge on any atom is 0.411 e. The van der Waals surface area contributed by atoms with E-state index in [0.29, 0.717) is 23.1 Å². The molecule has 0 atom stereocenters. The largest absolute Gasteiger partial charge is 0.444 e. The molecule has 1 amide bonds. The standard InChI is InChI=1S/C25H29ClFN5O3/c1-14-21(27)22(30-35-14)15-5-7-16(8-6-15)23-29-28-20-13-31(24(33)34-25(2,3)4)12-17-11-18(26)9-10-19(17)32(20)23/h9-11,15-16H,5-8,12-13H2,1-4H3/t15-,16-. The molecule has 0 spiro atoms. The Kier molecular flexibility index (Phi) is 6.07. The highest BCUT2D eigenvalue weighted by molar-refractivity contribution is 6.30. The van der Waals surface area contributed by atoms with Crippen molar-refractivity contribution < 1.29 is 18.4 Å². The van der Waals surface area contributed by atoms with Crippen LogP contribution < -0.4 is 0 Å². The average Bonchev–Trinajstić information content (AvgIpc) is 3.31. The van der Waals surface area contributed by atoms with Gasteiger partial charge in [-0.15, -0.1) is 10.2 Å². The van der Waals surface area contributed by atoms with Crippen LogP contribution in [0.4, 0.5) is 9.18 Å². The van der Waals surface area contributed by atoms with Crippen molar-refractivity contribution in [2.75, 3.05) is 0 Å². The molecule has 1 aliphatic heterocycles. The fraction of sp³-hybridized carbons (Fsp3) is 0.520. The number of benzene rings is 1. The molecule has 3 heterocycles. The topological polar surface area (TPSA) is 86.3 Å². The lowest BCUT2D eigenvalue weighted by atomic mass is 9.80. The van der Waals surface area contributed by atoms with Crippen LogP contribution in [0.2, 0.25) is 5.02 Å². The molecule has 0 saturated heterocycles. The second kappa shape index (κ2) is 8.93. The molecule has 1 aliphatic carbocycles. The molecule has 10 heteroatoms. The van der Waals surface area contributed by atoms with Crippen LogP contribution in [0, 0.1) is 12.7 Å². The average molecular weight is 502 g/mol. The van der Waals surface area contributed by atoms with E-state index in [2.05, 4.69) is 19.9 Å². The number of carbonyl (C=O) groups excluding carboxylic acids is 1. The minimum absolute atomic E-state index is 0.0315. The van der Waals surface area contributed by atoms with E-state index in [-0.39, 0.29) is 30.0 Å². The summed E-state index contributed by atoms with van der Waals surface area (Å²) in [6, 6.07) is 5.66. The van der Waals surface area contributed by atoms with Gasteiger partial charge in [0.05, 0.1) is 18.8 Å². The molecule has 2 aliphatic rings. The van der Waals surface area contributed by atoms with Crippen molar-refractivity contribution >= 4 is 17.7 Å². The smallest absolute Gasteiger partial charge is 0.411 e. The molecule has 0 unspecified atom stereocenters. The second-order valence-corrected chi connectivity index (χ2v) is 10.8. The Hall–Kier alpha value is -2.94. The van der Waals surface area contributed by atoms with Crippen LogP contribution in [-0.2, 0) is 17.8 Å². The van der Waals surface area contributed by atoms with E-state index in [0.717, 1.165) is 42.8 Å². The highest BCUT2D eigenvalue weighted by atomic mass is 35.5. The molecule has 0 radical (unpaired) electrons. The van der Waals surface area contributed by atoms with Gasteiger partial charge in [0.15, 0.2) is 17.4 Å². The summed E-state index contributed by atoms with van der Waals surface area (Å²) in [5.74, 6) is 1.61. The van der Waals surface area contributed by atoms with Gasteiger partial charge in [0, 0.05) is 16.9 Å². The maximum atomic E-state index is 14.4. The van der Waals surface area contributed by atoms with Crippen LogP contribution in [0.1, 0.15) is 87.0 Å². The number of carbonyl (C=O) groups is 1. The number of hydrogen-bond acceptors (Lipinski definition) is 6. The number of halogens is 2. The van der Waals surface area contributed by atoms with Gasteiger partial charge in [0.1, 0.15) is 17.1 Å². The quantitative estimate of drug-likeness (QED) is 0.425. The third kappa shape index (κ3) is 4.66. The summed E-state index contributed by atoms with van der Waals surface area (Å²) >= 11 is 6.32. The summed E-state index contributed by atoms with van der Waals surface area (Å²) < 4.78 is 27.1. The molecule has 2 aromatic heterocycles. The number of hydrogen-bond donors (Lipinski definition) is 0. The van der Waals surface area contributed by atoms with Crippen LogP contribution in [0.5, 0.6) is 0 Å². The number of rotatable bonds is 2. The SMILES string of the molecule is Cc1onc([C@H]2CC[C@H](c3nnc4n3-c3ccc(Cl)cc3CN(C(=O)OC(C)(C)C)C4)CC2)c1F. The Morgan fingerprint density at radius 3 is 2.51 bits per heavy atom. The van der Waals surface area contributed by atoms with Crippen LogP contribution in [0.3, 0.4) is 0 Å². The van der Waals surface area contributed by atoms with E-state index in [4.69, 9.17) is 20.9 Å². The van der Waals surface area contributed by atoms with Crippen molar-refractivity contribution in [1.29, 1.82) is 0 Å². The Labute approximate surface area is 208 Å². The van der Waals surface area contributed by atoms with Crippen LogP contribution in [0.15, 0.2) is 22.7 Å². The zero-order valence-electron chi connectivity index (χ0n) is 20.3. The summed E-state index contributed by atoms with van der Waals surface area (Å²) in [4.78, 5) is 14.6. The van der Waals surface area contributed by atoms with Crippen molar-refractivity contribution in [1.82, 2.24) is 24.8 Å². The van der Waals surface area contributed by atoms with Crippen molar-refractivity contribution in [3.63, 3.8) is 0 Å². The normalized spacial score (nSPS) is 20.2. The Morgan fingerprint density at radius 2 is 1.86 bits per heavy atom. The summed E-state index contributed by atoms with van der Waals surface area (Å²) in [5, 5.41) is 13.6.